The fourth-order valence-corrected chi connectivity index (χ4v) is 2.57. The molecule has 0 unspecified atom stereocenters. The minimum absolute atomic E-state index is 0.00316. The molecule has 0 aromatic heterocycles. The van der Waals surface area contributed by atoms with Crippen molar-refractivity contribution in [2.75, 3.05) is 26.2 Å². The van der Waals surface area contributed by atoms with E-state index in [9.17, 15) is 4.79 Å². The predicted molar refractivity (Wildman–Crippen MR) is 95.8 cm³/mol. The molecule has 0 saturated heterocycles. The first kappa shape index (κ1) is 17.2. The van der Waals surface area contributed by atoms with Crippen LogP contribution in [0.3, 0.4) is 0 Å². The predicted octanol–water partition coefficient (Wildman–Crippen LogP) is 3.35. The first-order chi connectivity index (χ1) is 11.2. The molecule has 3 nitrogen and oxygen atoms in total. The van der Waals surface area contributed by atoms with Crippen LogP contribution in [0.4, 0.5) is 0 Å². The van der Waals surface area contributed by atoms with E-state index < -0.39 is 0 Å². The molecule has 2 aromatic carbocycles. The summed E-state index contributed by atoms with van der Waals surface area (Å²) in [4.78, 5) is 14.4. The zero-order valence-corrected chi connectivity index (χ0v) is 14.1. The van der Waals surface area contributed by atoms with Crippen LogP contribution in [0.5, 0.6) is 0 Å². The Morgan fingerprint density at radius 2 is 1.52 bits per heavy atom. The zero-order chi connectivity index (χ0) is 16.5. The molecule has 3 heteroatoms. The van der Waals surface area contributed by atoms with E-state index in [0.717, 1.165) is 31.6 Å². The molecule has 1 amide bonds. The molecule has 23 heavy (non-hydrogen) atoms. The largest absolute Gasteiger partial charge is 0.351 e. The van der Waals surface area contributed by atoms with Gasteiger partial charge in [0.2, 0.25) is 0 Å². The first-order valence-corrected chi connectivity index (χ1v) is 8.36. The molecule has 0 heterocycles. The van der Waals surface area contributed by atoms with Gasteiger partial charge in [-0.2, -0.15) is 0 Å². The van der Waals surface area contributed by atoms with Gasteiger partial charge in [-0.3, -0.25) is 4.79 Å². The normalized spacial score (nSPS) is 10.7. The third-order valence-corrected chi connectivity index (χ3v) is 4.08. The number of rotatable bonds is 8. The van der Waals surface area contributed by atoms with Crippen molar-refractivity contribution in [3.8, 4) is 0 Å². The molecule has 2 rings (SSSR count). The molecule has 0 aliphatic carbocycles. The van der Waals surface area contributed by atoms with Crippen LogP contribution in [0.2, 0.25) is 0 Å². The number of carbonyl (C=O) groups excluding carboxylic acids is 1. The van der Waals surface area contributed by atoms with Gasteiger partial charge in [0, 0.05) is 18.7 Å². The van der Waals surface area contributed by atoms with Crippen molar-refractivity contribution in [2.24, 2.45) is 0 Å². The number of nitrogens with one attached hydrogen (secondary N) is 1. The van der Waals surface area contributed by atoms with Crippen molar-refractivity contribution in [3.05, 3.63) is 71.3 Å². The second-order valence-corrected chi connectivity index (χ2v) is 5.64. The first-order valence-electron chi connectivity index (χ1n) is 8.36. The summed E-state index contributed by atoms with van der Waals surface area (Å²) in [5.74, 6) is 0.00316. The lowest BCUT2D eigenvalue weighted by Crippen LogP contribution is -2.34. The number of nitrogens with zero attached hydrogens (tertiary/aromatic N) is 1. The third kappa shape index (κ3) is 5.53. The van der Waals surface area contributed by atoms with Gasteiger partial charge in [0.25, 0.3) is 5.91 Å². The summed E-state index contributed by atoms with van der Waals surface area (Å²) in [5.41, 5.74) is 3.22. The maximum atomic E-state index is 12.1. The molecule has 0 aliphatic rings. The highest BCUT2D eigenvalue weighted by Gasteiger charge is 2.06. The van der Waals surface area contributed by atoms with Crippen LogP contribution in [0.15, 0.2) is 54.6 Å². The van der Waals surface area contributed by atoms with Crippen molar-refractivity contribution in [2.45, 2.75) is 20.3 Å². The molecular formula is C20H26N2O. The summed E-state index contributed by atoms with van der Waals surface area (Å²) in [6.45, 7) is 7.88. The van der Waals surface area contributed by atoms with E-state index in [2.05, 4.69) is 36.2 Å². The van der Waals surface area contributed by atoms with Crippen LogP contribution >= 0.6 is 0 Å². The third-order valence-electron chi connectivity index (χ3n) is 4.08. The zero-order valence-electron chi connectivity index (χ0n) is 14.1. The topological polar surface area (TPSA) is 32.3 Å². The van der Waals surface area contributed by atoms with Crippen molar-refractivity contribution < 1.29 is 4.79 Å². The highest BCUT2D eigenvalue weighted by molar-refractivity contribution is 5.94. The summed E-state index contributed by atoms with van der Waals surface area (Å²) >= 11 is 0. The van der Waals surface area contributed by atoms with Gasteiger partial charge in [-0.15, -0.1) is 0 Å². The second kappa shape index (κ2) is 9.11. The molecule has 2 aromatic rings. The average molecular weight is 310 g/mol. The van der Waals surface area contributed by atoms with Crippen molar-refractivity contribution >= 4 is 5.91 Å². The number of hydrogen-bond donors (Lipinski definition) is 1. The molecular weight excluding hydrogens is 284 g/mol. The summed E-state index contributed by atoms with van der Waals surface area (Å²) in [5, 5.41) is 2.99. The Morgan fingerprint density at radius 3 is 2.13 bits per heavy atom. The maximum absolute atomic E-state index is 12.1. The monoisotopic (exact) mass is 310 g/mol. The summed E-state index contributed by atoms with van der Waals surface area (Å²) in [7, 11) is 0. The smallest absolute Gasteiger partial charge is 0.251 e. The highest BCUT2D eigenvalue weighted by atomic mass is 16.1. The maximum Gasteiger partial charge on any atom is 0.251 e. The SMILES string of the molecule is CCN(CC)CCNC(=O)c1ccc(Cc2ccccc2)cc1. The molecule has 0 saturated carbocycles. The molecule has 0 atom stereocenters. The van der Waals surface area contributed by atoms with Crippen molar-refractivity contribution in [1.82, 2.24) is 10.2 Å². The van der Waals surface area contributed by atoms with Crippen molar-refractivity contribution in [1.29, 1.82) is 0 Å². The van der Waals surface area contributed by atoms with Gasteiger partial charge < -0.3 is 10.2 Å². The molecule has 1 N–H and O–H groups in total. The molecule has 0 aliphatic heterocycles. The van der Waals surface area contributed by atoms with Gasteiger partial charge in [-0.1, -0.05) is 56.3 Å². The van der Waals surface area contributed by atoms with Crippen LogP contribution < -0.4 is 5.32 Å². The fraction of sp³-hybridized carbons (Fsp3) is 0.350. The lowest BCUT2D eigenvalue weighted by atomic mass is 10.0. The number of likely N-dealkylation sites (N-methyl/N-ethyl adjacent to an activating group) is 1. The van der Waals surface area contributed by atoms with Crippen LogP contribution in [-0.4, -0.2) is 37.0 Å². The van der Waals surface area contributed by atoms with Crippen LogP contribution in [0.1, 0.15) is 35.3 Å². The summed E-state index contributed by atoms with van der Waals surface area (Å²) < 4.78 is 0. The van der Waals surface area contributed by atoms with Gasteiger partial charge in [-0.05, 0) is 42.8 Å². The highest BCUT2D eigenvalue weighted by Crippen LogP contribution is 2.10. The van der Waals surface area contributed by atoms with E-state index in [0.29, 0.717) is 6.54 Å². The van der Waals surface area contributed by atoms with E-state index in [4.69, 9.17) is 0 Å². The van der Waals surface area contributed by atoms with E-state index in [-0.39, 0.29) is 5.91 Å². The summed E-state index contributed by atoms with van der Waals surface area (Å²) in [6, 6.07) is 18.2. The average Bonchev–Trinajstić information content (AvgIpc) is 2.60. The molecule has 0 radical (unpaired) electrons. The Hall–Kier alpha value is -2.13. The lowest BCUT2D eigenvalue weighted by molar-refractivity contribution is 0.0949. The molecule has 0 bridgehead atoms. The number of hydrogen-bond acceptors (Lipinski definition) is 2. The Labute approximate surface area is 139 Å². The van der Waals surface area contributed by atoms with Gasteiger partial charge in [0.05, 0.1) is 0 Å². The second-order valence-electron chi connectivity index (χ2n) is 5.64. The quantitative estimate of drug-likeness (QED) is 0.811. The van der Waals surface area contributed by atoms with Crippen LogP contribution in [0, 0.1) is 0 Å². The van der Waals surface area contributed by atoms with E-state index in [1.807, 2.05) is 42.5 Å². The van der Waals surface area contributed by atoms with Crippen LogP contribution in [0.25, 0.3) is 0 Å². The van der Waals surface area contributed by atoms with E-state index in [1.165, 1.54) is 11.1 Å². The number of benzene rings is 2. The van der Waals surface area contributed by atoms with Gasteiger partial charge >= 0.3 is 0 Å². The molecule has 0 fully saturated rings. The van der Waals surface area contributed by atoms with Crippen molar-refractivity contribution in [3.63, 3.8) is 0 Å². The van der Waals surface area contributed by atoms with E-state index >= 15 is 0 Å². The lowest BCUT2D eigenvalue weighted by Gasteiger charge is -2.17. The Kier molecular flexibility index (Phi) is 6.82. The Bertz CT molecular complexity index is 589. The molecule has 0 spiro atoms. The summed E-state index contributed by atoms with van der Waals surface area (Å²) in [6.07, 6.45) is 0.894. The Balaban J connectivity index is 1.85. The minimum atomic E-state index is 0.00316. The standard InChI is InChI=1S/C20H26N2O/c1-3-22(4-2)15-14-21-20(23)19-12-10-18(11-13-19)16-17-8-6-5-7-9-17/h5-13H,3-4,14-16H2,1-2H3,(H,21,23). The fourth-order valence-electron chi connectivity index (χ4n) is 2.57. The minimum Gasteiger partial charge on any atom is -0.351 e. The Morgan fingerprint density at radius 1 is 0.913 bits per heavy atom. The molecule has 122 valence electrons. The van der Waals surface area contributed by atoms with E-state index in [1.54, 1.807) is 0 Å². The van der Waals surface area contributed by atoms with Gasteiger partial charge in [0.1, 0.15) is 0 Å². The van der Waals surface area contributed by atoms with Gasteiger partial charge in [-0.25, -0.2) is 0 Å². The number of carbonyl (C=O) groups is 1. The number of amides is 1. The van der Waals surface area contributed by atoms with Crippen LogP contribution in [-0.2, 0) is 6.42 Å². The van der Waals surface area contributed by atoms with Gasteiger partial charge in [0.15, 0.2) is 0 Å².